The first-order chi connectivity index (χ1) is 16.2. The molecule has 2 aliphatic rings. The van der Waals surface area contributed by atoms with E-state index in [-0.39, 0.29) is 30.8 Å². The van der Waals surface area contributed by atoms with Gasteiger partial charge in [-0.25, -0.2) is 8.78 Å². The van der Waals surface area contributed by atoms with Crippen LogP contribution in [0, 0.1) is 5.92 Å². The Hall–Kier alpha value is -1.09. The van der Waals surface area contributed by atoms with Crippen LogP contribution < -0.4 is 0 Å². The van der Waals surface area contributed by atoms with Gasteiger partial charge in [0.15, 0.2) is 0 Å². The topological polar surface area (TPSA) is 85.2 Å². The smallest absolute Gasteiger partial charge is 0.305 e. The molecular formula is C26H44F2O6. The third-order valence-corrected chi connectivity index (χ3v) is 7.23. The summed E-state index contributed by atoms with van der Waals surface area (Å²) in [5.74, 6) is -3.29. The van der Waals surface area contributed by atoms with Crippen molar-refractivity contribution in [3.8, 4) is 0 Å². The molecule has 1 saturated heterocycles. The lowest BCUT2D eigenvalue weighted by atomic mass is 9.81. The lowest BCUT2D eigenvalue weighted by molar-refractivity contribution is -0.187. The molecule has 34 heavy (non-hydrogen) atoms. The lowest BCUT2D eigenvalue weighted by Crippen LogP contribution is -2.49. The molecule has 198 valence electrons. The second-order valence-electron chi connectivity index (χ2n) is 9.80. The highest BCUT2D eigenvalue weighted by Crippen LogP contribution is 2.46. The second kappa shape index (κ2) is 14.5. The zero-order chi connectivity index (χ0) is 25.0. The highest BCUT2D eigenvalue weighted by molar-refractivity contribution is 5.69. The van der Waals surface area contributed by atoms with Crippen molar-refractivity contribution < 1.29 is 38.0 Å². The SMILES string of the molecule is CCCC(F)(F)C(O)CCC[C@@H]1CC[C@H](O)[C@]1(CC=CCCCC(=O)OC)O[C@@H]1CCCOC1. The normalized spacial score (nSPS) is 28.9. The maximum Gasteiger partial charge on any atom is 0.305 e. The summed E-state index contributed by atoms with van der Waals surface area (Å²) in [6, 6.07) is 0. The third kappa shape index (κ3) is 8.54. The van der Waals surface area contributed by atoms with E-state index >= 15 is 0 Å². The van der Waals surface area contributed by atoms with Gasteiger partial charge in [-0.2, -0.15) is 0 Å². The molecule has 0 spiro atoms. The number of alkyl halides is 2. The Morgan fingerprint density at radius 3 is 2.74 bits per heavy atom. The van der Waals surface area contributed by atoms with E-state index in [0.717, 1.165) is 25.7 Å². The number of ether oxygens (including phenoxy) is 3. The fourth-order valence-electron chi connectivity index (χ4n) is 5.27. The van der Waals surface area contributed by atoms with Gasteiger partial charge in [-0.1, -0.05) is 31.9 Å². The molecular weight excluding hydrogens is 446 g/mol. The quantitative estimate of drug-likeness (QED) is 0.192. The van der Waals surface area contributed by atoms with E-state index in [2.05, 4.69) is 4.74 Å². The van der Waals surface area contributed by atoms with Gasteiger partial charge >= 0.3 is 5.97 Å². The number of hydrogen-bond acceptors (Lipinski definition) is 6. The molecule has 1 heterocycles. The van der Waals surface area contributed by atoms with Crippen molar-refractivity contribution in [1.29, 1.82) is 0 Å². The van der Waals surface area contributed by atoms with Crippen LogP contribution in [0.1, 0.15) is 90.4 Å². The van der Waals surface area contributed by atoms with Gasteiger partial charge in [0.05, 0.1) is 25.9 Å². The van der Waals surface area contributed by atoms with Crippen molar-refractivity contribution >= 4 is 5.97 Å². The van der Waals surface area contributed by atoms with Crippen LogP contribution in [-0.2, 0) is 19.0 Å². The molecule has 6 nitrogen and oxygen atoms in total. The molecule has 8 heteroatoms. The molecule has 0 bridgehead atoms. The summed E-state index contributed by atoms with van der Waals surface area (Å²) in [4.78, 5) is 11.3. The number of aliphatic hydroxyl groups is 2. The number of halogens is 2. The number of unbranched alkanes of at least 4 members (excludes halogenated alkanes) is 1. The van der Waals surface area contributed by atoms with Crippen LogP contribution in [0.2, 0.25) is 0 Å². The monoisotopic (exact) mass is 490 g/mol. The first-order valence-corrected chi connectivity index (χ1v) is 13.0. The Balaban J connectivity index is 2.01. The second-order valence-corrected chi connectivity index (χ2v) is 9.80. The molecule has 2 fully saturated rings. The van der Waals surface area contributed by atoms with Gasteiger partial charge in [0.1, 0.15) is 11.7 Å². The summed E-state index contributed by atoms with van der Waals surface area (Å²) in [5, 5.41) is 21.0. The number of carbonyl (C=O) groups excluding carboxylic acids is 1. The number of aliphatic hydroxyl groups excluding tert-OH is 2. The van der Waals surface area contributed by atoms with Crippen LogP contribution in [0.3, 0.4) is 0 Å². The Morgan fingerprint density at radius 1 is 1.26 bits per heavy atom. The average Bonchev–Trinajstić information content (AvgIpc) is 3.11. The number of esters is 1. The molecule has 1 saturated carbocycles. The average molecular weight is 491 g/mol. The van der Waals surface area contributed by atoms with E-state index < -0.39 is 23.7 Å². The summed E-state index contributed by atoms with van der Waals surface area (Å²) in [7, 11) is 1.37. The van der Waals surface area contributed by atoms with Gasteiger partial charge in [-0.3, -0.25) is 4.79 Å². The summed E-state index contributed by atoms with van der Waals surface area (Å²) in [5.41, 5.74) is -0.791. The fraction of sp³-hybridized carbons (Fsp3) is 0.885. The molecule has 5 atom stereocenters. The van der Waals surface area contributed by atoms with Gasteiger partial charge in [0.2, 0.25) is 0 Å². The fourth-order valence-corrected chi connectivity index (χ4v) is 5.27. The molecule has 0 amide bonds. The molecule has 0 aromatic carbocycles. The molecule has 0 aromatic rings. The van der Waals surface area contributed by atoms with Crippen molar-refractivity contribution in [3.63, 3.8) is 0 Å². The minimum atomic E-state index is -3.07. The minimum absolute atomic E-state index is 0.0103. The number of methoxy groups -OCH3 is 1. The van der Waals surface area contributed by atoms with Crippen molar-refractivity contribution in [1.82, 2.24) is 0 Å². The van der Waals surface area contributed by atoms with E-state index in [0.29, 0.717) is 58.2 Å². The zero-order valence-corrected chi connectivity index (χ0v) is 20.9. The Morgan fingerprint density at radius 2 is 2.06 bits per heavy atom. The third-order valence-electron chi connectivity index (χ3n) is 7.23. The molecule has 2 N–H and O–H groups in total. The van der Waals surface area contributed by atoms with Crippen LogP contribution in [0.4, 0.5) is 8.78 Å². The van der Waals surface area contributed by atoms with Crippen molar-refractivity contribution in [3.05, 3.63) is 12.2 Å². The lowest BCUT2D eigenvalue weighted by Gasteiger charge is -2.41. The Bertz CT molecular complexity index is 622. The van der Waals surface area contributed by atoms with Crippen molar-refractivity contribution in [2.45, 2.75) is 120 Å². The number of allylic oxidation sites excluding steroid dienone is 1. The molecule has 2 rings (SSSR count). The summed E-state index contributed by atoms with van der Waals surface area (Å²) in [6.07, 6.45) is 8.13. The molecule has 0 radical (unpaired) electrons. The van der Waals surface area contributed by atoms with Gasteiger partial charge in [-0.15, -0.1) is 0 Å². The number of rotatable bonds is 15. The van der Waals surface area contributed by atoms with Crippen LogP contribution in [-0.4, -0.2) is 66.3 Å². The molecule has 1 unspecified atom stereocenters. The van der Waals surface area contributed by atoms with E-state index in [9.17, 15) is 23.8 Å². The van der Waals surface area contributed by atoms with Gasteiger partial charge < -0.3 is 24.4 Å². The standard InChI is InChI=1S/C26H44F2O6/c1-3-16-26(27,28)23(30)12-8-10-20-14-15-22(29)25(20,34-21-11-9-18-33-19-21)17-7-5-4-6-13-24(31)32-2/h5,7,20-23,29-30H,3-4,6,8-19H2,1-2H3/t20-,21-,22+,23?,25-/m1/s1. The largest absolute Gasteiger partial charge is 0.469 e. The Labute approximate surface area is 203 Å². The van der Waals surface area contributed by atoms with Gasteiger partial charge in [0, 0.05) is 19.4 Å². The zero-order valence-electron chi connectivity index (χ0n) is 20.9. The van der Waals surface area contributed by atoms with Gasteiger partial charge in [0.25, 0.3) is 5.92 Å². The summed E-state index contributed by atoms with van der Waals surface area (Å²) >= 11 is 0. The van der Waals surface area contributed by atoms with Gasteiger partial charge in [-0.05, 0) is 63.7 Å². The van der Waals surface area contributed by atoms with E-state index in [1.54, 1.807) is 6.92 Å². The first-order valence-electron chi connectivity index (χ1n) is 13.0. The first kappa shape index (κ1) is 29.1. The van der Waals surface area contributed by atoms with E-state index in [4.69, 9.17) is 9.47 Å². The van der Waals surface area contributed by atoms with Crippen LogP contribution in [0.5, 0.6) is 0 Å². The Kier molecular flexibility index (Phi) is 12.4. The van der Waals surface area contributed by atoms with Crippen molar-refractivity contribution in [2.24, 2.45) is 5.92 Å². The summed E-state index contributed by atoms with van der Waals surface area (Å²) in [6.45, 7) is 2.89. The molecule has 1 aliphatic carbocycles. The van der Waals surface area contributed by atoms with E-state index in [1.165, 1.54) is 7.11 Å². The number of carbonyl (C=O) groups is 1. The number of hydrogen-bond donors (Lipinski definition) is 2. The predicted octanol–water partition coefficient (Wildman–Crippen LogP) is 4.95. The summed E-state index contributed by atoms with van der Waals surface area (Å²) < 4.78 is 44.9. The maximum absolute atomic E-state index is 14.0. The van der Waals surface area contributed by atoms with Crippen LogP contribution >= 0.6 is 0 Å². The minimum Gasteiger partial charge on any atom is -0.469 e. The van der Waals surface area contributed by atoms with Crippen LogP contribution in [0.25, 0.3) is 0 Å². The van der Waals surface area contributed by atoms with Crippen molar-refractivity contribution in [2.75, 3.05) is 20.3 Å². The highest BCUT2D eigenvalue weighted by atomic mass is 19.3. The highest BCUT2D eigenvalue weighted by Gasteiger charge is 2.51. The predicted molar refractivity (Wildman–Crippen MR) is 126 cm³/mol. The van der Waals surface area contributed by atoms with E-state index in [1.807, 2.05) is 12.2 Å². The molecule has 1 aliphatic heterocycles. The maximum atomic E-state index is 14.0. The van der Waals surface area contributed by atoms with Crippen LogP contribution in [0.15, 0.2) is 12.2 Å². The molecule has 0 aromatic heterocycles.